The molecule has 2 aromatic carbocycles. The van der Waals surface area contributed by atoms with Gasteiger partial charge in [0.2, 0.25) is 0 Å². The number of para-hydroxylation sites is 1. The lowest BCUT2D eigenvalue weighted by Gasteiger charge is -2.37. The molecule has 1 aliphatic rings. The number of methoxy groups -OCH3 is 1. The molecule has 1 N–H and O–H groups in total. The van der Waals surface area contributed by atoms with Crippen LogP contribution >= 0.6 is 24.8 Å². The Hall–Kier alpha value is -1.66. The molecule has 7 heteroatoms. The van der Waals surface area contributed by atoms with Crippen molar-refractivity contribution in [2.75, 3.05) is 51.3 Å². The molecule has 0 bridgehead atoms. The lowest BCUT2D eigenvalue weighted by molar-refractivity contribution is 0.0656. The van der Waals surface area contributed by atoms with Gasteiger partial charge in [-0.3, -0.25) is 4.90 Å². The van der Waals surface area contributed by atoms with E-state index >= 15 is 0 Å². The van der Waals surface area contributed by atoms with Gasteiger partial charge < -0.3 is 19.5 Å². The monoisotopic (exact) mass is 470 g/mol. The number of nitrogens with zero attached hydrogens (tertiary/aromatic N) is 2. The standard InChI is InChI=1S/C24H34N2O3.2ClH/c1-24(2,3)22-7-5-6-8-23(22)29-18-20(27)17-25-13-15-26(16-14-25)19-9-11-21(28-4)12-10-19;;/h5-12,20,27H,13-18H2,1-4H3;2*1H. The van der Waals surface area contributed by atoms with E-state index in [2.05, 4.69) is 48.8 Å². The zero-order valence-electron chi connectivity index (χ0n) is 18.9. The van der Waals surface area contributed by atoms with Crippen molar-refractivity contribution >= 4 is 30.5 Å². The van der Waals surface area contributed by atoms with Crippen molar-refractivity contribution in [1.82, 2.24) is 4.90 Å². The molecule has 0 radical (unpaired) electrons. The van der Waals surface area contributed by atoms with Gasteiger partial charge in [0.1, 0.15) is 24.2 Å². The van der Waals surface area contributed by atoms with E-state index in [1.54, 1.807) is 7.11 Å². The van der Waals surface area contributed by atoms with Gasteiger partial charge in [-0.05, 0) is 41.3 Å². The Morgan fingerprint density at radius 1 is 0.935 bits per heavy atom. The van der Waals surface area contributed by atoms with Crippen molar-refractivity contribution < 1.29 is 14.6 Å². The Balaban J connectivity index is 0.00000240. The van der Waals surface area contributed by atoms with Gasteiger partial charge in [0, 0.05) is 38.4 Å². The fraction of sp³-hybridized carbons (Fsp3) is 0.500. The van der Waals surface area contributed by atoms with Crippen LogP contribution in [0.15, 0.2) is 48.5 Å². The number of benzene rings is 2. The van der Waals surface area contributed by atoms with Crippen LogP contribution < -0.4 is 14.4 Å². The lowest BCUT2D eigenvalue weighted by atomic mass is 9.86. The zero-order chi connectivity index (χ0) is 20.9. The SMILES string of the molecule is COc1ccc(N2CCN(CC(O)COc3ccccc3C(C)(C)C)CC2)cc1.Cl.Cl. The first-order chi connectivity index (χ1) is 13.9. The summed E-state index contributed by atoms with van der Waals surface area (Å²) in [6.07, 6.45) is -0.504. The van der Waals surface area contributed by atoms with Gasteiger partial charge in [-0.25, -0.2) is 0 Å². The van der Waals surface area contributed by atoms with E-state index in [0.29, 0.717) is 13.2 Å². The molecule has 1 atom stereocenters. The lowest BCUT2D eigenvalue weighted by Crippen LogP contribution is -2.49. The number of aliphatic hydroxyl groups is 1. The molecule has 1 heterocycles. The number of hydrogen-bond acceptors (Lipinski definition) is 5. The maximum absolute atomic E-state index is 10.5. The van der Waals surface area contributed by atoms with Crippen LogP contribution in [0.25, 0.3) is 0 Å². The fourth-order valence-electron chi connectivity index (χ4n) is 3.73. The quantitative estimate of drug-likeness (QED) is 0.649. The van der Waals surface area contributed by atoms with Gasteiger partial charge in [-0.1, -0.05) is 39.0 Å². The average Bonchev–Trinajstić information content (AvgIpc) is 2.72. The molecule has 0 aromatic heterocycles. The summed E-state index contributed by atoms with van der Waals surface area (Å²) < 4.78 is 11.2. The van der Waals surface area contributed by atoms with Gasteiger partial charge in [-0.15, -0.1) is 24.8 Å². The molecule has 5 nitrogen and oxygen atoms in total. The Morgan fingerprint density at radius 2 is 1.55 bits per heavy atom. The van der Waals surface area contributed by atoms with Crippen LogP contribution in [0.3, 0.4) is 0 Å². The number of rotatable bonds is 7. The molecular weight excluding hydrogens is 435 g/mol. The van der Waals surface area contributed by atoms with E-state index in [-0.39, 0.29) is 30.2 Å². The summed E-state index contributed by atoms with van der Waals surface area (Å²) in [5.74, 6) is 1.74. The highest BCUT2D eigenvalue weighted by molar-refractivity contribution is 5.85. The van der Waals surface area contributed by atoms with Gasteiger partial charge in [0.25, 0.3) is 0 Å². The summed E-state index contributed by atoms with van der Waals surface area (Å²) in [7, 11) is 1.69. The largest absolute Gasteiger partial charge is 0.497 e. The van der Waals surface area contributed by atoms with E-state index in [1.807, 2.05) is 30.3 Å². The highest BCUT2D eigenvalue weighted by atomic mass is 35.5. The molecule has 2 aromatic rings. The summed E-state index contributed by atoms with van der Waals surface area (Å²) in [6.45, 7) is 11.2. The van der Waals surface area contributed by atoms with Crippen molar-refractivity contribution in [2.45, 2.75) is 32.3 Å². The second-order valence-corrected chi connectivity index (χ2v) is 8.70. The van der Waals surface area contributed by atoms with Crippen LogP contribution in [0.1, 0.15) is 26.3 Å². The van der Waals surface area contributed by atoms with Crippen molar-refractivity contribution in [2.24, 2.45) is 0 Å². The summed E-state index contributed by atoms with van der Waals surface area (Å²) in [4.78, 5) is 4.68. The summed E-state index contributed by atoms with van der Waals surface area (Å²) >= 11 is 0. The van der Waals surface area contributed by atoms with Crippen molar-refractivity contribution in [3.05, 3.63) is 54.1 Å². The Kier molecular flexibility index (Phi) is 10.9. The molecule has 174 valence electrons. The minimum absolute atomic E-state index is 0. The first-order valence-corrected chi connectivity index (χ1v) is 10.4. The summed E-state index contributed by atoms with van der Waals surface area (Å²) in [5.41, 5.74) is 2.40. The predicted octanol–water partition coefficient (Wildman–Crippen LogP) is 4.40. The van der Waals surface area contributed by atoms with E-state index in [4.69, 9.17) is 9.47 Å². The van der Waals surface area contributed by atoms with E-state index in [1.165, 1.54) is 11.3 Å². The normalized spacial score (nSPS) is 15.5. The van der Waals surface area contributed by atoms with Crippen LogP contribution in [0.4, 0.5) is 5.69 Å². The highest BCUT2D eigenvalue weighted by Gasteiger charge is 2.22. The molecule has 1 aliphatic heterocycles. The van der Waals surface area contributed by atoms with Crippen molar-refractivity contribution in [3.63, 3.8) is 0 Å². The van der Waals surface area contributed by atoms with Gasteiger partial charge in [-0.2, -0.15) is 0 Å². The molecule has 31 heavy (non-hydrogen) atoms. The third-order valence-electron chi connectivity index (χ3n) is 5.41. The van der Waals surface area contributed by atoms with Gasteiger partial charge >= 0.3 is 0 Å². The molecular formula is C24H36Cl2N2O3. The van der Waals surface area contributed by atoms with Crippen molar-refractivity contribution in [3.8, 4) is 11.5 Å². The number of piperazine rings is 1. The number of anilines is 1. The third-order valence-corrected chi connectivity index (χ3v) is 5.41. The van der Waals surface area contributed by atoms with E-state index in [9.17, 15) is 5.11 Å². The fourth-order valence-corrected chi connectivity index (χ4v) is 3.73. The van der Waals surface area contributed by atoms with Gasteiger partial charge in [0.15, 0.2) is 0 Å². The van der Waals surface area contributed by atoms with Gasteiger partial charge in [0.05, 0.1) is 7.11 Å². The Morgan fingerprint density at radius 3 is 2.13 bits per heavy atom. The first kappa shape index (κ1) is 27.4. The number of hydrogen-bond donors (Lipinski definition) is 1. The van der Waals surface area contributed by atoms with Crippen LogP contribution in [-0.4, -0.2) is 62.6 Å². The zero-order valence-corrected chi connectivity index (χ0v) is 20.5. The molecule has 1 fully saturated rings. The average molecular weight is 471 g/mol. The smallest absolute Gasteiger partial charge is 0.123 e. The Labute approximate surface area is 199 Å². The molecule has 1 unspecified atom stereocenters. The summed E-state index contributed by atoms with van der Waals surface area (Å²) in [5, 5.41) is 10.5. The maximum atomic E-state index is 10.5. The molecule has 3 rings (SSSR count). The van der Waals surface area contributed by atoms with Crippen LogP contribution in [0.5, 0.6) is 11.5 Å². The number of aliphatic hydroxyl groups excluding tert-OH is 1. The van der Waals surface area contributed by atoms with Crippen LogP contribution in [0, 0.1) is 0 Å². The van der Waals surface area contributed by atoms with Crippen molar-refractivity contribution in [1.29, 1.82) is 0 Å². The maximum Gasteiger partial charge on any atom is 0.123 e. The molecule has 0 spiro atoms. The highest BCUT2D eigenvalue weighted by Crippen LogP contribution is 2.31. The summed E-state index contributed by atoms with van der Waals surface area (Å²) in [6, 6.07) is 16.3. The molecule has 0 aliphatic carbocycles. The molecule has 0 amide bonds. The molecule has 0 saturated carbocycles. The third kappa shape index (κ3) is 7.76. The number of β-amino-alcohol motifs (C(OH)–C–C–N with tert-alkyl or cyclic N) is 1. The van der Waals surface area contributed by atoms with Crippen LogP contribution in [-0.2, 0) is 5.41 Å². The predicted molar refractivity (Wildman–Crippen MR) is 133 cm³/mol. The van der Waals surface area contributed by atoms with E-state index < -0.39 is 6.10 Å². The van der Waals surface area contributed by atoms with Crippen LogP contribution in [0.2, 0.25) is 0 Å². The Bertz CT molecular complexity index is 773. The molecule has 1 saturated heterocycles. The second kappa shape index (κ2) is 12.4. The minimum atomic E-state index is -0.504. The number of halogens is 2. The minimum Gasteiger partial charge on any atom is -0.497 e. The second-order valence-electron chi connectivity index (χ2n) is 8.70. The van der Waals surface area contributed by atoms with E-state index in [0.717, 1.165) is 37.7 Å². The first-order valence-electron chi connectivity index (χ1n) is 10.4. The number of ether oxygens (including phenoxy) is 2. The topological polar surface area (TPSA) is 45.2 Å².